The second-order valence-corrected chi connectivity index (χ2v) is 7.46. The van der Waals surface area contributed by atoms with Crippen molar-refractivity contribution < 1.29 is 19.5 Å². The first-order valence-corrected chi connectivity index (χ1v) is 10.1. The summed E-state index contributed by atoms with van der Waals surface area (Å²) < 4.78 is 0. The van der Waals surface area contributed by atoms with Crippen LogP contribution in [0.2, 0.25) is 0 Å². The molecule has 8 nitrogen and oxygen atoms in total. The van der Waals surface area contributed by atoms with Gasteiger partial charge in [0.25, 0.3) is 5.91 Å². The standard InChI is InChI=1S/C24H22N4O4/c1-14(29)27-21(10-15-12-25-19-8-4-2-6-17(15)19)23(30)28-22(24(31)32)11-16-13-26-20-9-5-3-7-18(16)20/h2-10,12-13,22,25-26H,11H2,1H3,(H,27,29)(H,28,30)(H,31,32). The smallest absolute Gasteiger partial charge is 0.326 e. The highest BCUT2D eigenvalue weighted by Gasteiger charge is 2.24. The van der Waals surface area contributed by atoms with E-state index in [1.165, 1.54) is 13.0 Å². The zero-order chi connectivity index (χ0) is 22.7. The first-order valence-electron chi connectivity index (χ1n) is 10.1. The minimum Gasteiger partial charge on any atom is -0.480 e. The van der Waals surface area contributed by atoms with Gasteiger partial charge >= 0.3 is 5.97 Å². The molecule has 2 aromatic carbocycles. The third-order valence-electron chi connectivity index (χ3n) is 5.18. The van der Waals surface area contributed by atoms with Crippen molar-refractivity contribution in [2.45, 2.75) is 19.4 Å². The molecule has 4 rings (SSSR count). The van der Waals surface area contributed by atoms with E-state index >= 15 is 0 Å². The Balaban J connectivity index is 1.61. The van der Waals surface area contributed by atoms with E-state index in [9.17, 15) is 19.5 Å². The van der Waals surface area contributed by atoms with Gasteiger partial charge in [-0.2, -0.15) is 0 Å². The predicted octanol–water partition coefficient (Wildman–Crippen LogP) is 2.94. The van der Waals surface area contributed by atoms with Gasteiger partial charge < -0.3 is 25.7 Å². The predicted molar refractivity (Wildman–Crippen MR) is 122 cm³/mol. The largest absolute Gasteiger partial charge is 0.480 e. The summed E-state index contributed by atoms with van der Waals surface area (Å²) in [7, 11) is 0. The number of aromatic amines is 2. The van der Waals surface area contributed by atoms with E-state index in [2.05, 4.69) is 20.6 Å². The Morgan fingerprint density at radius 2 is 1.59 bits per heavy atom. The summed E-state index contributed by atoms with van der Waals surface area (Å²) in [5, 5.41) is 16.5. The lowest BCUT2D eigenvalue weighted by Gasteiger charge is -2.16. The molecule has 0 saturated carbocycles. The summed E-state index contributed by atoms with van der Waals surface area (Å²) in [5.41, 5.74) is 3.20. The highest BCUT2D eigenvalue weighted by atomic mass is 16.4. The van der Waals surface area contributed by atoms with Gasteiger partial charge in [-0.25, -0.2) is 4.79 Å². The summed E-state index contributed by atoms with van der Waals surface area (Å²) in [6, 6.07) is 13.9. The fourth-order valence-electron chi connectivity index (χ4n) is 3.67. The number of carboxylic acid groups (broad SMARTS) is 1. The topological polar surface area (TPSA) is 127 Å². The molecule has 5 N–H and O–H groups in total. The van der Waals surface area contributed by atoms with Crippen molar-refractivity contribution in [1.82, 2.24) is 20.6 Å². The number of carbonyl (C=O) groups excluding carboxylic acids is 2. The lowest BCUT2D eigenvalue weighted by Crippen LogP contribution is -2.45. The van der Waals surface area contributed by atoms with Gasteiger partial charge in [-0.1, -0.05) is 36.4 Å². The first-order chi connectivity index (χ1) is 15.4. The van der Waals surface area contributed by atoms with E-state index in [1.54, 1.807) is 12.4 Å². The van der Waals surface area contributed by atoms with Crippen molar-refractivity contribution in [2.75, 3.05) is 0 Å². The highest BCUT2D eigenvalue weighted by Crippen LogP contribution is 2.21. The second kappa shape index (κ2) is 8.81. The van der Waals surface area contributed by atoms with Crippen molar-refractivity contribution in [3.05, 3.63) is 77.7 Å². The summed E-state index contributed by atoms with van der Waals surface area (Å²) in [5.74, 6) is -2.29. The molecule has 0 aliphatic rings. The van der Waals surface area contributed by atoms with Crippen LogP contribution in [0.1, 0.15) is 18.1 Å². The Bertz CT molecular complexity index is 1350. The molecule has 162 valence electrons. The number of amides is 2. The van der Waals surface area contributed by atoms with Gasteiger partial charge in [-0.05, 0) is 23.8 Å². The summed E-state index contributed by atoms with van der Waals surface area (Å²) >= 11 is 0. The van der Waals surface area contributed by atoms with Gasteiger partial charge in [0.1, 0.15) is 11.7 Å². The molecule has 2 heterocycles. The minimum atomic E-state index is -1.18. The minimum absolute atomic E-state index is 0.0348. The third-order valence-corrected chi connectivity index (χ3v) is 5.18. The van der Waals surface area contributed by atoms with E-state index in [0.717, 1.165) is 27.4 Å². The van der Waals surface area contributed by atoms with Crippen LogP contribution in [0.25, 0.3) is 27.9 Å². The Labute approximate surface area is 183 Å². The summed E-state index contributed by atoms with van der Waals surface area (Å²) in [4.78, 5) is 42.8. The van der Waals surface area contributed by atoms with E-state index < -0.39 is 23.8 Å². The van der Waals surface area contributed by atoms with Crippen molar-refractivity contribution in [1.29, 1.82) is 0 Å². The van der Waals surface area contributed by atoms with Crippen LogP contribution in [0.4, 0.5) is 0 Å². The molecular weight excluding hydrogens is 408 g/mol. The van der Waals surface area contributed by atoms with Crippen LogP contribution in [0.3, 0.4) is 0 Å². The zero-order valence-electron chi connectivity index (χ0n) is 17.3. The van der Waals surface area contributed by atoms with Crippen molar-refractivity contribution in [3.63, 3.8) is 0 Å². The van der Waals surface area contributed by atoms with Gasteiger partial charge in [0.15, 0.2) is 0 Å². The van der Waals surface area contributed by atoms with Gasteiger partial charge in [0.2, 0.25) is 5.91 Å². The maximum atomic E-state index is 13.0. The molecular formula is C24H22N4O4. The molecule has 0 saturated heterocycles. The maximum Gasteiger partial charge on any atom is 0.326 e. The van der Waals surface area contributed by atoms with E-state index in [0.29, 0.717) is 5.56 Å². The van der Waals surface area contributed by atoms with E-state index in [4.69, 9.17) is 0 Å². The fourth-order valence-corrected chi connectivity index (χ4v) is 3.67. The molecule has 0 spiro atoms. The number of aliphatic carboxylic acids is 1. The van der Waals surface area contributed by atoms with Crippen molar-refractivity contribution in [3.8, 4) is 0 Å². The first kappa shape index (κ1) is 20.9. The molecule has 0 bridgehead atoms. The number of fused-ring (bicyclic) bond motifs is 2. The Morgan fingerprint density at radius 1 is 0.969 bits per heavy atom. The molecule has 0 radical (unpaired) electrons. The second-order valence-electron chi connectivity index (χ2n) is 7.46. The van der Waals surface area contributed by atoms with E-state index in [-0.39, 0.29) is 12.1 Å². The van der Waals surface area contributed by atoms with Crippen molar-refractivity contribution in [2.24, 2.45) is 0 Å². The molecule has 0 aliphatic carbocycles. The van der Waals surface area contributed by atoms with Crippen LogP contribution >= 0.6 is 0 Å². The Morgan fingerprint density at radius 3 is 2.28 bits per heavy atom. The van der Waals surface area contributed by atoms with Crippen LogP contribution < -0.4 is 10.6 Å². The van der Waals surface area contributed by atoms with Gasteiger partial charge in [0, 0.05) is 53.1 Å². The zero-order valence-corrected chi connectivity index (χ0v) is 17.3. The van der Waals surface area contributed by atoms with Crippen LogP contribution in [0.15, 0.2) is 66.6 Å². The molecule has 1 atom stereocenters. The Kier molecular flexibility index (Phi) is 5.76. The number of para-hydroxylation sites is 2. The highest BCUT2D eigenvalue weighted by molar-refractivity contribution is 6.04. The van der Waals surface area contributed by atoms with Crippen LogP contribution in [-0.4, -0.2) is 38.9 Å². The van der Waals surface area contributed by atoms with Crippen LogP contribution in [-0.2, 0) is 20.8 Å². The van der Waals surface area contributed by atoms with Crippen LogP contribution in [0.5, 0.6) is 0 Å². The average Bonchev–Trinajstić information content (AvgIpc) is 3.37. The van der Waals surface area contributed by atoms with Crippen molar-refractivity contribution >= 4 is 45.7 Å². The molecule has 4 aromatic rings. The Hall–Kier alpha value is -4.33. The van der Waals surface area contributed by atoms with Gasteiger partial charge in [-0.15, -0.1) is 0 Å². The molecule has 2 amide bonds. The molecule has 1 unspecified atom stereocenters. The van der Waals surface area contributed by atoms with E-state index in [1.807, 2.05) is 48.5 Å². The molecule has 2 aromatic heterocycles. The lowest BCUT2D eigenvalue weighted by atomic mass is 10.0. The molecule has 8 heteroatoms. The number of hydrogen-bond acceptors (Lipinski definition) is 3. The lowest BCUT2D eigenvalue weighted by molar-refractivity contribution is -0.141. The number of hydrogen-bond donors (Lipinski definition) is 5. The number of carbonyl (C=O) groups is 3. The molecule has 0 aliphatic heterocycles. The number of nitrogens with one attached hydrogen (secondary N) is 4. The quantitative estimate of drug-likeness (QED) is 0.289. The van der Waals surface area contributed by atoms with Gasteiger partial charge in [0.05, 0.1) is 0 Å². The summed E-state index contributed by atoms with van der Waals surface area (Å²) in [6.07, 6.45) is 5.08. The third kappa shape index (κ3) is 4.39. The SMILES string of the molecule is CC(=O)NC(=Cc1c[nH]c2ccccc12)C(=O)NC(Cc1c[nH]c2ccccc12)C(=O)O. The molecule has 0 fully saturated rings. The molecule has 32 heavy (non-hydrogen) atoms. The van der Waals surface area contributed by atoms with Crippen LogP contribution in [0, 0.1) is 0 Å². The number of H-pyrrole nitrogens is 2. The number of rotatable bonds is 7. The number of benzene rings is 2. The normalized spacial score (nSPS) is 12.6. The number of carboxylic acids is 1. The van der Waals surface area contributed by atoms with Gasteiger partial charge in [-0.3, -0.25) is 9.59 Å². The average molecular weight is 430 g/mol. The fraction of sp³-hybridized carbons (Fsp3) is 0.125. The maximum absolute atomic E-state index is 13.0. The summed E-state index contributed by atoms with van der Waals surface area (Å²) in [6.45, 7) is 1.29. The monoisotopic (exact) mass is 430 g/mol. The number of aromatic nitrogens is 2.